The van der Waals surface area contributed by atoms with Gasteiger partial charge in [0.1, 0.15) is 5.65 Å². The number of pyridine rings is 1. The summed E-state index contributed by atoms with van der Waals surface area (Å²) in [5.41, 5.74) is 2.65. The number of nitrogens with zero attached hydrogens (tertiary/aromatic N) is 4. The first-order valence-corrected chi connectivity index (χ1v) is 15.7. The predicted octanol–water partition coefficient (Wildman–Crippen LogP) is 1.99. The van der Waals surface area contributed by atoms with Crippen molar-refractivity contribution in [2.75, 3.05) is 24.7 Å². The largest absolute Gasteiger partial charge is 0.351 e. The van der Waals surface area contributed by atoms with Crippen LogP contribution in [-0.2, 0) is 26.6 Å². The molecule has 1 aliphatic rings. The second-order valence-electron chi connectivity index (χ2n) is 9.58. The summed E-state index contributed by atoms with van der Waals surface area (Å²) in [6.45, 7) is 1.13. The van der Waals surface area contributed by atoms with Crippen molar-refractivity contribution in [1.29, 1.82) is 0 Å². The highest BCUT2D eigenvalue weighted by molar-refractivity contribution is 7.89. The van der Waals surface area contributed by atoms with Gasteiger partial charge in [0, 0.05) is 36.8 Å². The summed E-state index contributed by atoms with van der Waals surface area (Å²) >= 11 is 0. The molecular formula is C26H28N6O5S2. The molecule has 1 fully saturated rings. The molecule has 0 saturated carbocycles. The van der Waals surface area contributed by atoms with Gasteiger partial charge in [0.15, 0.2) is 0 Å². The van der Waals surface area contributed by atoms with Crippen LogP contribution < -0.4 is 16.0 Å². The van der Waals surface area contributed by atoms with Crippen LogP contribution in [0, 0.1) is 0 Å². The van der Waals surface area contributed by atoms with E-state index in [-0.39, 0.29) is 23.0 Å². The Morgan fingerprint density at radius 2 is 1.69 bits per heavy atom. The Kier molecular flexibility index (Phi) is 7.25. The Balaban J connectivity index is 1.37. The van der Waals surface area contributed by atoms with Gasteiger partial charge in [-0.25, -0.2) is 31.3 Å². The lowest BCUT2D eigenvalue weighted by atomic mass is 10.0. The number of fused-ring (bicyclic) bond motifs is 1. The zero-order valence-electron chi connectivity index (χ0n) is 21.2. The van der Waals surface area contributed by atoms with Crippen LogP contribution in [-0.4, -0.2) is 61.1 Å². The summed E-state index contributed by atoms with van der Waals surface area (Å²) < 4.78 is 50.0. The van der Waals surface area contributed by atoms with E-state index in [1.54, 1.807) is 29.0 Å². The molecule has 39 heavy (non-hydrogen) atoms. The SMILES string of the molecule is CS(=O)(=O)N1CCC(Nc2ncc3ccc(=O)n(Cc4ccc(-c5cccc(S(N)(=O)=O)c5)cc4)c3n2)CC1. The van der Waals surface area contributed by atoms with Gasteiger partial charge >= 0.3 is 0 Å². The zero-order chi connectivity index (χ0) is 27.8. The number of hydrogen-bond donors (Lipinski definition) is 2. The fraction of sp³-hybridized carbons (Fsp3) is 0.269. The van der Waals surface area contributed by atoms with Crippen LogP contribution in [0.2, 0.25) is 0 Å². The van der Waals surface area contributed by atoms with Crippen molar-refractivity contribution in [3.8, 4) is 11.1 Å². The third-order valence-corrected chi connectivity index (χ3v) is 8.98. The molecular weight excluding hydrogens is 540 g/mol. The quantitative estimate of drug-likeness (QED) is 0.343. The molecule has 2 aromatic carbocycles. The average molecular weight is 569 g/mol. The Bertz CT molecular complexity index is 1800. The van der Waals surface area contributed by atoms with Crippen molar-refractivity contribution in [3.63, 3.8) is 0 Å². The van der Waals surface area contributed by atoms with Gasteiger partial charge in [-0.15, -0.1) is 0 Å². The van der Waals surface area contributed by atoms with Crippen molar-refractivity contribution in [2.24, 2.45) is 5.14 Å². The minimum atomic E-state index is -3.81. The summed E-state index contributed by atoms with van der Waals surface area (Å²) in [6.07, 6.45) is 4.13. The lowest BCUT2D eigenvalue weighted by Gasteiger charge is -2.30. The van der Waals surface area contributed by atoms with E-state index >= 15 is 0 Å². The number of primary sulfonamides is 1. The van der Waals surface area contributed by atoms with Crippen molar-refractivity contribution >= 4 is 37.0 Å². The molecule has 0 aliphatic carbocycles. The molecule has 3 heterocycles. The summed E-state index contributed by atoms with van der Waals surface area (Å²) in [6, 6.07) is 17.1. The van der Waals surface area contributed by atoms with E-state index in [2.05, 4.69) is 15.3 Å². The summed E-state index contributed by atoms with van der Waals surface area (Å²) in [5.74, 6) is 0.379. The molecule has 0 unspecified atom stereocenters. The molecule has 1 aliphatic heterocycles. The highest BCUT2D eigenvalue weighted by Gasteiger charge is 2.25. The first kappa shape index (κ1) is 26.9. The molecule has 0 amide bonds. The van der Waals surface area contributed by atoms with Gasteiger partial charge < -0.3 is 5.32 Å². The lowest BCUT2D eigenvalue weighted by molar-refractivity contribution is 0.331. The van der Waals surface area contributed by atoms with Gasteiger partial charge in [0.25, 0.3) is 5.56 Å². The Morgan fingerprint density at radius 1 is 0.974 bits per heavy atom. The molecule has 4 aromatic rings. The summed E-state index contributed by atoms with van der Waals surface area (Å²) in [5, 5.41) is 9.26. The van der Waals surface area contributed by atoms with Crippen LogP contribution in [0.25, 0.3) is 22.2 Å². The van der Waals surface area contributed by atoms with Crippen LogP contribution >= 0.6 is 0 Å². The number of piperidine rings is 1. The molecule has 204 valence electrons. The van der Waals surface area contributed by atoms with Gasteiger partial charge in [-0.1, -0.05) is 36.4 Å². The molecule has 0 radical (unpaired) electrons. The number of hydrogen-bond acceptors (Lipinski definition) is 8. The molecule has 0 atom stereocenters. The number of benzene rings is 2. The smallest absolute Gasteiger partial charge is 0.252 e. The molecule has 2 aromatic heterocycles. The Labute approximate surface area is 226 Å². The first-order chi connectivity index (χ1) is 18.5. The van der Waals surface area contributed by atoms with Gasteiger partial charge in [0.05, 0.1) is 17.7 Å². The van der Waals surface area contributed by atoms with Crippen LogP contribution in [0.4, 0.5) is 5.95 Å². The standard InChI is InChI=1S/C26H28N6O5S2/c1-38(34,35)31-13-11-22(12-14-31)29-26-28-16-21-9-10-24(33)32(25(21)30-26)17-18-5-7-19(8-6-18)20-3-2-4-23(15-20)39(27,36)37/h2-10,15-16,22H,11-14,17H2,1H3,(H2,27,36,37)(H,28,29,30). The number of aromatic nitrogens is 3. The van der Waals surface area contributed by atoms with E-state index in [0.29, 0.717) is 48.5 Å². The normalized spacial score (nSPS) is 15.4. The van der Waals surface area contributed by atoms with Gasteiger partial charge in [0.2, 0.25) is 26.0 Å². The van der Waals surface area contributed by atoms with E-state index < -0.39 is 20.0 Å². The number of sulfonamides is 2. The second-order valence-corrected chi connectivity index (χ2v) is 13.1. The van der Waals surface area contributed by atoms with Crippen molar-refractivity contribution in [2.45, 2.75) is 30.3 Å². The van der Waals surface area contributed by atoms with E-state index in [4.69, 9.17) is 5.14 Å². The van der Waals surface area contributed by atoms with Crippen LogP contribution in [0.3, 0.4) is 0 Å². The molecule has 0 bridgehead atoms. The number of nitrogens with two attached hydrogens (primary N) is 1. The van der Waals surface area contributed by atoms with Gasteiger partial charge in [-0.2, -0.15) is 4.98 Å². The summed E-state index contributed by atoms with van der Waals surface area (Å²) in [4.78, 5) is 21.9. The number of anilines is 1. The van der Waals surface area contributed by atoms with Crippen LogP contribution in [0.1, 0.15) is 18.4 Å². The minimum Gasteiger partial charge on any atom is -0.351 e. The molecule has 13 heteroatoms. The highest BCUT2D eigenvalue weighted by Crippen LogP contribution is 2.23. The molecule has 3 N–H and O–H groups in total. The topological polar surface area (TPSA) is 157 Å². The van der Waals surface area contributed by atoms with Crippen molar-refractivity contribution in [3.05, 3.63) is 82.8 Å². The molecule has 1 saturated heterocycles. The lowest BCUT2D eigenvalue weighted by Crippen LogP contribution is -2.42. The average Bonchev–Trinajstić information content (AvgIpc) is 2.90. The maximum Gasteiger partial charge on any atom is 0.252 e. The minimum absolute atomic E-state index is 0.0182. The van der Waals surface area contributed by atoms with Crippen molar-refractivity contribution < 1.29 is 16.8 Å². The van der Waals surface area contributed by atoms with Crippen LogP contribution in [0.15, 0.2) is 76.6 Å². The summed E-state index contributed by atoms with van der Waals surface area (Å²) in [7, 11) is -7.02. The number of nitrogens with one attached hydrogen (secondary N) is 1. The van der Waals surface area contributed by atoms with E-state index in [0.717, 1.165) is 11.1 Å². The Hall–Kier alpha value is -3.65. The third-order valence-electron chi connectivity index (χ3n) is 6.77. The predicted molar refractivity (Wildman–Crippen MR) is 149 cm³/mol. The molecule has 5 rings (SSSR count). The van der Waals surface area contributed by atoms with E-state index in [9.17, 15) is 21.6 Å². The molecule has 0 spiro atoms. The van der Waals surface area contributed by atoms with E-state index in [1.807, 2.05) is 24.3 Å². The zero-order valence-corrected chi connectivity index (χ0v) is 22.8. The van der Waals surface area contributed by atoms with Crippen molar-refractivity contribution in [1.82, 2.24) is 18.8 Å². The fourth-order valence-electron chi connectivity index (χ4n) is 4.65. The van der Waals surface area contributed by atoms with E-state index in [1.165, 1.54) is 28.8 Å². The fourth-order valence-corrected chi connectivity index (χ4v) is 6.08. The second kappa shape index (κ2) is 10.5. The maximum atomic E-state index is 12.8. The van der Waals surface area contributed by atoms with Gasteiger partial charge in [-0.05, 0) is 47.7 Å². The molecule has 11 nitrogen and oxygen atoms in total. The number of rotatable bonds is 7. The maximum absolute atomic E-state index is 12.8. The first-order valence-electron chi connectivity index (χ1n) is 12.3. The van der Waals surface area contributed by atoms with Gasteiger partial charge in [-0.3, -0.25) is 9.36 Å². The third kappa shape index (κ3) is 6.17. The highest BCUT2D eigenvalue weighted by atomic mass is 32.2. The monoisotopic (exact) mass is 568 g/mol. The van der Waals surface area contributed by atoms with Crippen LogP contribution in [0.5, 0.6) is 0 Å². The Morgan fingerprint density at radius 3 is 2.36 bits per heavy atom.